The maximum atomic E-state index is 10.9. The Bertz CT molecular complexity index is 434. The van der Waals surface area contributed by atoms with Gasteiger partial charge in [0.1, 0.15) is 5.71 Å². The number of carbonyl (C=O) groups excluding carboxylic acids is 1. The Hall–Kier alpha value is -1.84. The van der Waals surface area contributed by atoms with Gasteiger partial charge in [-0.2, -0.15) is 0 Å². The first-order valence-electron chi connectivity index (χ1n) is 4.83. The van der Waals surface area contributed by atoms with E-state index in [1.54, 1.807) is 24.0 Å². The first-order chi connectivity index (χ1) is 7.25. The highest BCUT2D eigenvalue weighted by molar-refractivity contribution is 6.07. The number of Topliss-reactive ketones (excluding diaryl/α,β-unsaturated/α-hetero) is 1. The van der Waals surface area contributed by atoms with Crippen molar-refractivity contribution < 1.29 is 9.48 Å². The summed E-state index contributed by atoms with van der Waals surface area (Å²) in [6.45, 7) is 1.92. The van der Waals surface area contributed by atoms with Crippen LogP contribution < -0.4 is 0 Å². The van der Waals surface area contributed by atoms with Gasteiger partial charge in [0.25, 0.3) is 0 Å². The van der Waals surface area contributed by atoms with Crippen molar-refractivity contribution in [1.82, 2.24) is 4.98 Å². The molecular weight excluding hydrogens is 190 g/mol. The van der Waals surface area contributed by atoms with Crippen molar-refractivity contribution in [3.05, 3.63) is 30.1 Å². The Labute approximate surface area is 88.0 Å². The summed E-state index contributed by atoms with van der Waals surface area (Å²) in [7, 11) is 0. The van der Waals surface area contributed by atoms with Crippen LogP contribution in [0, 0.1) is 0 Å². The van der Waals surface area contributed by atoms with E-state index in [1.807, 2.05) is 18.3 Å². The average molecular weight is 202 g/mol. The van der Waals surface area contributed by atoms with E-state index in [0.717, 1.165) is 17.7 Å². The number of carbonyl (C=O) groups is 1. The molecule has 0 aliphatic carbocycles. The van der Waals surface area contributed by atoms with Gasteiger partial charge >= 0.3 is 0 Å². The predicted molar refractivity (Wildman–Crippen MR) is 57.3 cm³/mol. The molecule has 0 bridgehead atoms. The van der Waals surface area contributed by atoms with Crippen LogP contribution in [-0.4, -0.2) is 33.9 Å². The van der Waals surface area contributed by atoms with E-state index in [0.29, 0.717) is 6.54 Å². The molecule has 2 heterocycles. The first-order valence-corrected chi connectivity index (χ1v) is 4.83. The zero-order chi connectivity index (χ0) is 10.7. The molecule has 1 aromatic heterocycles. The molecule has 0 amide bonds. The van der Waals surface area contributed by atoms with Gasteiger partial charge in [0.05, 0.1) is 6.42 Å². The molecule has 0 atom stereocenters. The molecule has 0 saturated carbocycles. The third-order valence-corrected chi connectivity index (χ3v) is 2.14. The van der Waals surface area contributed by atoms with Gasteiger partial charge in [-0.05, 0) is 17.2 Å². The van der Waals surface area contributed by atoms with Gasteiger partial charge in [0.2, 0.25) is 6.54 Å². The van der Waals surface area contributed by atoms with Crippen molar-refractivity contribution in [1.29, 1.82) is 0 Å². The minimum atomic E-state index is 0.117. The standard InChI is InChI=1S/C11H12N3O/c1-9(15)8-14-7-4-11(13-14)10-2-5-12-6-3-10/h2-3,5-7H,4,8H2,1H3/q+1. The lowest BCUT2D eigenvalue weighted by molar-refractivity contribution is -0.514. The number of nitrogens with zero attached hydrogens (tertiary/aromatic N) is 3. The Balaban J connectivity index is 2.13. The fourth-order valence-corrected chi connectivity index (χ4v) is 1.48. The Morgan fingerprint density at radius 2 is 2.20 bits per heavy atom. The fourth-order valence-electron chi connectivity index (χ4n) is 1.48. The topological polar surface area (TPSA) is 45.3 Å². The van der Waals surface area contributed by atoms with E-state index < -0.39 is 0 Å². The summed E-state index contributed by atoms with van der Waals surface area (Å²) in [5.41, 5.74) is 2.05. The van der Waals surface area contributed by atoms with Crippen LogP contribution in [0.25, 0.3) is 0 Å². The molecular formula is C11H12N3O+. The Morgan fingerprint density at radius 3 is 2.87 bits per heavy atom. The summed E-state index contributed by atoms with van der Waals surface area (Å²) >= 11 is 0. The molecule has 4 nitrogen and oxygen atoms in total. The van der Waals surface area contributed by atoms with E-state index >= 15 is 0 Å². The number of pyridine rings is 1. The molecule has 0 unspecified atom stereocenters. The number of ketones is 1. The largest absolute Gasteiger partial charge is 0.293 e. The number of aromatic nitrogens is 1. The first kappa shape index (κ1) is 9.71. The second-order valence-corrected chi connectivity index (χ2v) is 3.47. The lowest BCUT2D eigenvalue weighted by atomic mass is 10.1. The number of hydrazone groups is 1. The smallest absolute Gasteiger partial charge is 0.231 e. The Morgan fingerprint density at radius 1 is 1.47 bits per heavy atom. The van der Waals surface area contributed by atoms with Crippen molar-refractivity contribution in [2.24, 2.45) is 5.10 Å². The highest BCUT2D eigenvalue weighted by Gasteiger charge is 2.18. The molecule has 76 valence electrons. The van der Waals surface area contributed by atoms with Gasteiger partial charge in [0.15, 0.2) is 12.0 Å². The van der Waals surface area contributed by atoms with E-state index in [1.165, 1.54) is 0 Å². The molecule has 4 heteroatoms. The van der Waals surface area contributed by atoms with Crippen molar-refractivity contribution >= 4 is 17.7 Å². The molecule has 1 aliphatic rings. The summed E-state index contributed by atoms with van der Waals surface area (Å²) < 4.78 is 1.69. The maximum Gasteiger partial charge on any atom is 0.231 e. The van der Waals surface area contributed by atoms with Crippen molar-refractivity contribution in [3.8, 4) is 0 Å². The van der Waals surface area contributed by atoms with Gasteiger partial charge in [-0.25, -0.2) is 0 Å². The molecule has 1 aliphatic heterocycles. The summed E-state index contributed by atoms with van der Waals surface area (Å²) in [5, 5.41) is 4.34. The lowest BCUT2D eigenvalue weighted by Gasteiger charge is -1.93. The van der Waals surface area contributed by atoms with Gasteiger partial charge < -0.3 is 0 Å². The molecule has 0 fully saturated rings. The minimum absolute atomic E-state index is 0.117. The zero-order valence-corrected chi connectivity index (χ0v) is 8.55. The summed E-state index contributed by atoms with van der Waals surface area (Å²) in [6, 6.07) is 3.84. The van der Waals surface area contributed by atoms with Gasteiger partial charge in [-0.1, -0.05) is 4.68 Å². The molecule has 2 rings (SSSR count). The van der Waals surface area contributed by atoms with Gasteiger partial charge in [0, 0.05) is 24.9 Å². The third-order valence-electron chi connectivity index (χ3n) is 2.14. The lowest BCUT2D eigenvalue weighted by Crippen LogP contribution is -2.12. The van der Waals surface area contributed by atoms with Crippen LogP contribution in [0.3, 0.4) is 0 Å². The fraction of sp³-hybridized carbons (Fsp3) is 0.273. The average Bonchev–Trinajstić information content (AvgIpc) is 2.67. The predicted octanol–water partition coefficient (Wildman–Crippen LogP) is 0.862. The molecule has 0 aromatic carbocycles. The molecule has 1 aromatic rings. The van der Waals surface area contributed by atoms with Crippen LogP contribution in [0.1, 0.15) is 18.9 Å². The van der Waals surface area contributed by atoms with E-state index in [4.69, 9.17) is 0 Å². The van der Waals surface area contributed by atoms with Gasteiger partial charge in [-0.3, -0.25) is 9.78 Å². The quantitative estimate of drug-likeness (QED) is 0.682. The molecule has 0 radical (unpaired) electrons. The minimum Gasteiger partial charge on any atom is -0.293 e. The van der Waals surface area contributed by atoms with E-state index in [9.17, 15) is 4.79 Å². The second-order valence-electron chi connectivity index (χ2n) is 3.47. The van der Waals surface area contributed by atoms with Crippen LogP contribution in [0.15, 0.2) is 29.6 Å². The van der Waals surface area contributed by atoms with Crippen molar-refractivity contribution in [3.63, 3.8) is 0 Å². The van der Waals surface area contributed by atoms with Crippen molar-refractivity contribution in [2.45, 2.75) is 13.3 Å². The third kappa shape index (κ3) is 2.34. The molecule has 15 heavy (non-hydrogen) atoms. The van der Waals surface area contributed by atoms with Crippen molar-refractivity contribution in [2.75, 3.05) is 6.54 Å². The van der Waals surface area contributed by atoms with Crippen LogP contribution in [0.5, 0.6) is 0 Å². The molecule has 0 saturated heterocycles. The number of hydrogen-bond acceptors (Lipinski definition) is 3. The van der Waals surface area contributed by atoms with E-state index in [-0.39, 0.29) is 5.78 Å². The molecule has 0 N–H and O–H groups in total. The SMILES string of the molecule is CC(=O)C[N+]1=CCC(c2ccncc2)=N1. The Kier molecular flexibility index (Phi) is 2.67. The maximum absolute atomic E-state index is 10.9. The normalized spacial score (nSPS) is 14.7. The number of rotatable bonds is 3. The van der Waals surface area contributed by atoms with Crippen LogP contribution in [0.4, 0.5) is 0 Å². The summed E-state index contributed by atoms with van der Waals surface area (Å²) in [6.07, 6.45) is 6.19. The highest BCUT2D eigenvalue weighted by atomic mass is 16.1. The van der Waals surface area contributed by atoms with Crippen LogP contribution in [0.2, 0.25) is 0 Å². The number of hydrogen-bond donors (Lipinski definition) is 0. The van der Waals surface area contributed by atoms with Crippen LogP contribution >= 0.6 is 0 Å². The highest BCUT2D eigenvalue weighted by Crippen LogP contribution is 2.06. The zero-order valence-electron chi connectivity index (χ0n) is 8.55. The molecule has 0 spiro atoms. The summed E-state index contributed by atoms with van der Waals surface area (Å²) in [4.78, 5) is 14.9. The summed E-state index contributed by atoms with van der Waals surface area (Å²) in [5.74, 6) is 0.117. The van der Waals surface area contributed by atoms with Crippen LogP contribution in [-0.2, 0) is 4.79 Å². The monoisotopic (exact) mass is 202 g/mol. The van der Waals surface area contributed by atoms with E-state index in [2.05, 4.69) is 10.1 Å². The second kappa shape index (κ2) is 4.13. The van der Waals surface area contributed by atoms with Gasteiger partial charge in [-0.15, -0.1) is 0 Å².